The van der Waals surface area contributed by atoms with Gasteiger partial charge in [-0.3, -0.25) is 4.79 Å². The lowest BCUT2D eigenvalue weighted by Crippen LogP contribution is -2.30. The first kappa shape index (κ1) is 13.9. The molecular formula is C12H17BrO2S. The summed E-state index contributed by atoms with van der Waals surface area (Å²) in [7, 11) is 0. The van der Waals surface area contributed by atoms with Crippen molar-refractivity contribution < 1.29 is 9.90 Å². The van der Waals surface area contributed by atoms with E-state index in [2.05, 4.69) is 15.9 Å². The van der Waals surface area contributed by atoms with Gasteiger partial charge in [-0.05, 0) is 27.9 Å². The summed E-state index contributed by atoms with van der Waals surface area (Å²) in [5, 5.41) is 11.8. The number of Topliss-reactive ketones (excluding diaryl/α,β-unsaturated/α-hetero) is 1. The summed E-state index contributed by atoms with van der Waals surface area (Å²) in [5.74, 6) is 0.0268. The lowest BCUT2D eigenvalue weighted by atomic mass is 9.92. The zero-order chi connectivity index (χ0) is 12.1. The van der Waals surface area contributed by atoms with Gasteiger partial charge in [0.15, 0.2) is 5.78 Å². The molecule has 1 atom stereocenters. The molecule has 0 saturated heterocycles. The molecule has 1 aromatic heterocycles. The van der Waals surface area contributed by atoms with E-state index in [0.29, 0.717) is 6.42 Å². The summed E-state index contributed by atoms with van der Waals surface area (Å²) in [6.07, 6.45) is 1.22. The van der Waals surface area contributed by atoms with E-state index >= 15 is 0 Å². The molecule has 1 rings (SSSR count). The maximum Gasteiger partial charge on any atom is 0.166 e. The van der Waals surface area contributed by atoms with Crippen molar-refractivity contribution in [3.8, 4) is 0 Å². The van der Waals surface area contributed by atoms with E-state index in [1.807, 2.05) is 25.3 Å². The molecule has 2 nitrogen and oxygen atoms in total. The Balaban J connectivity index is 2.58. The lowest BCUT2D eigenvalue weighted by Gasteiger charge is -2.18. The number of aliphatic hydroxyl groups excluding tert-OH is 1. The van der Waals surface area contributed by atoms with Crippen LogP contribution in [0.2, 0.25) is 0 Å². The van der Waals surface area contributed by atoms with E-state index in [4.69, 9.17) is 0 Å². The molecule has 0 bridgehead atoms. The highest BCUT2D eigenvalue weighted by atomic mass is 79.9. The summed E-state index contributed by atoms with van der Waals surface area (Å²) in [4.78, 5) is 12.8. The standard InChI is InChI=1S/C12H17BrO2S/c1-3-8(4-2)12(15)11(14)6-10-5-9(13)7-16-10/h5,7-8,12,15H,3-4,6H2,1-2H3. The van der Waals surface area contributed by atoms with Crippen LogP contribution in [0.4, 0.5) is 0 Å². The van der Waals surface area contributed by atoms with Crippen molar-refractivity contribution >= 4 is 33.0 Å². The van der Waals surface area contributed by atoms with Gasteiger partial charge in [0.25, 0.3) is 0 Å². The number of carbonyl (C=O) groups is 1. The highest BCUT2D eigenvalue weighted by molar-refractivity contribution is 9.10. The third kappa shape index (κ3) is 3.68. The van der Waals surface area contributed by atoms with Gasteiger partial charge in [0.2, 0.25) is 0 Å². The molecule has 0 radical (unpaired) electrons. The monoisotopic (exact) mass is 304 g/mol. The van der Waals surface area contributed by atoms with Gasteiger partial charge in [-0.15, -0.1) is 11.3 Å². The van der Waals surface area contributed by atoms with Gasteiger partial charge in [0.1, 0.15) is 6.10 Å². The van der Waals surface area contributed by atoms with Crippen LogP contribution in [0.5, 0.6) is 0 Å². The molecule has 16 heavy (non-hydrogen) atoms. The Morgan fingerprint density at radius 1 is 1.50 bits per heavy atom. The predicted molar refractivity (Wildman–Crippen MR) is 70.8 cm³/mol. The molecule has 90 valence electrons. The van der Waals surface area contributed by atoms with Crippen LogP contribution >= 0.6 is 27.3 Å². The molecule has 0 aliphatic rings. The van der Waals surface area contributed by atoms with Gasteiger partial charge in [0.05, 0.1) is 0 Å². The third-order valence-electron chi connectivity index (χ3n) is 2.80. The molecule has 0 aromatic carbocycles. The normalized spacial score (nSPS) is 13.1. The Morgan fingerprint density at radius 3 is 2.56 bits per heavy atom. The summed E-state index contributed by atoms with van der Waals surface area (Å²) in [5.41, 5.74) is 0. The first-order valence-corrected chi connectivity index (χ1v) is 7.19. The van der Waals surface area contributed by atoms with E-state index in [1.165, 1.54) is 0 Å². The number of halogens is 1. The molecule has 0 amide bonds. The van der Waals surface area contributed by atoms with Crippen LogP contribution in [0.1, 0.15) is 31.6 Å². The molecule has 0 spiro atoms. The Kier molecular flexibility index (Phi) is 5.66. The quantitative estimate of drug-likeness (QED) is 0.874. The van der Waals surface area contributed by atoms with Gasteiger partial charge in [-0.1, -0.05) is 26.7 Å². The summed E-state index contributed by atoms with van der Waals surface area (Å²) in [6.45, 7) is 4.01. The molecule has 1 N–H and O–H groups in total. The number of hydrogen-bond acceptors (Lipinski definition) is 3. The van der Waals surface area contributed by atoms with Gasteiger partial charge < -0.3 is 5.11 Å². The number of carbonyl (C=O) groups excluding carboxylic acids is 1. The molecule has 4 heteroatoms. The van der Waals surface area contributed by atoms with Crippen molar-refractivity contribution in [3.63, 3.8) is 0 Å². The second-order valence-corrected chi connectivity index (χ2v) is 5.81. The molecule has 0 aliphatic heterocycles. The zero-order valence-electron chi connectivity index (χ0n) is 9.57. The van der Waals surface area contributed by atoms with Gasteiger partial charge in [-0.25, -0.2) is 0 Å². The fourth-order valence-electron chi connectivity index (χ4n) is 1.72. The predicted octanol–water partition coefficient (Wildman–Crippen LogP) is 3.42. The summed E-state index contributed by atoms with van der Waals surface area (Å²) >= 11 is 4.90. The number of ketones is 1. The highest BCUT2D eigenvalue weighted by Gasteiger charge is 2.23. The van der Waals surface area contributed by atoms with E-state index in [-0.39, 0.29) is 11.7 Å². The summed E-state index contributed by atoms with van der Waals surface area (Å²) < 4.78 is 0.998. The third-order valence-corrected chi connectivity index (χ3v) is 4.49. The minimum absolute atomic E-state index is 0.0666. The molecule has 1 heterocycles. The molecule has 0 saturated carbocycles. The maximum absolute atomic E-state index is 11.8. The smallest absolute Gasteiger partial charge is 0.166 e. The first-order chi connectivity index (χ1) is 7.58. The topological polar surface area (TPSA) is 37.3 Å². The molecule has 1 aromatic rings. The Morgan fingerprint density at radius 2 is 2.12 bits per heavy atom. The largest absolute Gasteiger partial charge is 0.385 e. The van der Waals surface area contributed by atoms with E-state index in [9.17, 15) is 9.90 Å². The highest BCUT2D eigenvalue weighted by Crippen LogP contribution is 2.22. The second kappa shape index (κ2) is 6.52. The number of aliphatic hydroxyl groups is 1. The molecule has 1 unspecified atom stereocenters. The first-order valence-electron chi connectivity index (χ1n) is 5.52. The average molecular weight is 305 g/mol. The minimum atomic E-state index is -0.809. The Bertz CT molecular complexity index is 345. The van der Waals surface area contributed by atoms with Gasteiger partial charge in [0, 0.05) is 21.2 Å². The fraction of sp³-hybridized carbons (Fsp3) is 0.583. The Labute approximate surface area is 109 Å². The molecule has 0 aliphatic carbocycles. The van der Waals surface area contributed by atoms with Gasteiger partial charge >= 0.3 is 0 Å². The van der Waals surface area contributed by atoms with Crippen LogP contribution in [0.3, 0.4) is 0 Å². The Hall–Kier alpha value is -0.190. The van der Waals surface area contributed by atoms with Crippen LogP contribution < -0.4 is 0 Å². The van der Waals surface area contributed by atoms with Crippen molar-refractivity contribution in [3.05, 3.63) is 20.8 Å². The zero-order valence-corrected chi connectivity index (χ0v) is 12.0. The number of rotatable bonds is 6. The van der Waals surface area contributed by atoms with Crippen LogP contribution in [0.15, 0.2) is 15.9 Å². The number of hydrogen-bond donors (Lipinski definition) is 1. The second-order valence-electron chi connectivity index (χ2n) is 3.90. The minimum Gasteiger partial charge on any atom is -0.385 e. The van der Waals surface area contributed by atoms with Gasteiger partial charge in [-0.2, -0.15) is 0 Å². The van der Waals surface area contributed by atoms with Crippen LogP contribution in [-0.2, 0) is 11.2 Å². The van der Waals surface area contributed by atoms with Crippen molar-refractivity contribution in [1.82, 2.24) is 0 Å². The fourth-order valence-corrected chi connectivity index (χ4v) is 3.18. The van der Waals surface area contributed by atoms with Crippen LogP contribution in [-0.4, -0.2) is 17.0 Å². The van der Waals surface area contributed by atoms with Crippen LogP contribution in [0.25, 0.3) is 0 Å². The van der Waals surface area contributed by atoms with Crippen molar-refractivity contribution in [2.75, 3.05) is 0 Å². The average Bonchev–Trinajstić information content (AvgIpc) is 2.65. The SMILES string of the molecule is CCC(CC)C(O)C(=O)Cc1cc(Br)cs1. The van der Waals surface area contributed by atoms with Crippen molar-refractivity contribution in [2.45, 2.75) is 39.2 Å². The van der Waals surface area contributed by atoms with E-state index in [0.717, 1.165) is 22.2 Å². The van der Waals surface area contributed by atoms with Crippen molar-refractivity contribution in [1.29, 1.82) is 0 Å². The van der Waals surface area contributed by atoms with Crippen molar-refractivity contribution in [2.24, 2.45) is 5.92 Å². The summed E-state index contributed by atoms with van der Waals surface area (Å²) in [6, 6.07) is 1.93. The maximum atomic E-state index is 11.8. The van der Waals surface area contributed by atoms with Crippen LogP contribution in [0, 0.1) is 5.92 Å². The van der Waals surface area contributed by atoms with E-state index < -0.39 is 6.10 Å². The van der Waals surface area contributed by atoms with E-state index in [1.54, 1.807) is 11.3 Å². The lowest BCUT2D eigenvalue weighted by molar-refractivity contribution is -0.129. The molecule has 0 fully saturated rings. The molecular weight excluding hydrogens is 288 g/mol. The number of thiophene rings is 1.